The average Bonchev–Trinajstić information content (AvgIpc) is 2.43. The molecule has 5 heteroatoms. The quantitative estimate of drug-likeness (QED) is 0.814. The molecule has 0 saturated carbocycles. The van der Waals surface area contributed by atoms with Crippen molar-refractivity contribution in [2.45, 2.75) is 33.2 Å². The largest absolute Gasteiger partial charge is 0.467 e. The van der Waals surface area contributed by atoms with Crippen molar-refractivity contribution in [3.05, 3.63) is 29.8 Å². The van der Waals surface area contributed by atoms with Crippen LogP contribution in [0.25, 0.3) is 0 Å². The van der Waals surface area contributed by atoms with Crippen molar-refractivity contribution in [2.75, 3.05) is 12.4 Å². The minimum atomic E-state index is -0.644. The van der Waals surface area contributed by atoms with Crippen LogP contribution in [-0.4, -0.2) is 25.2 Å². The number of aryl methyl sites for hydroxylation is 1. The molecule has 0 aromatic heterocycles. The maximum Gasteiger partial charge on any atom is 0.328 e. The van der Waals surface area contributed by atoms with Gasteiger partial charge in [-0.1, -0.05) is 32.4 Å². The van der Waals surface area contributed by atoms with E-state index < -0.39 is 18.0 Å². The predicted octanol–water partition coefficient (Wildman–Crippen LogP) is 2.70. The number of esters is 1. The first kappa shape index (κ1) is 16.0. The van der Waals surface area contributed by atoms with Gasteiger partial charge in [0.15, 0.2) is 0 Å². The molecule has 0 heterocycles. The third kappa shape index (κ3) is 4.57. The highest BCUT2D eigenvalue weighted by Gasteiger charge is 2.26. The van der Waals surface area contributed by atoms with Gasteiger partial charge in [0.1, 0.15) is 6.04 Å². The van der Waals surface area contributed by atoms with Crippen LogP contribution >= 0.6 is 0 Å². The number of carbonyl (C=O) groups excluding carboxylic acids is 2. The first-order valence-electron chi connectivity index (χ1n) is 6.70. The van der Waals surface area contributed by atoms with Gasteiger partial charge in [-0.3, -0.25) is 0 Å². The molecule has 5 nitrogen and oxygen atoms in total. The standard InChI is InChI=1S/C15H22N2O3/c1-5-11(3)13(14(18)20-4)17-15(19)16-12-8-6-7-10(2)9-12/h6-9,11,13H,5H2,1-4H3,(H2,16,17,19). The Balaban J connectivity index is 2.69. The number of benzene rings is 1. The Morgan fingerprint density at radius 3 is 2.60 bits per heavy atom. The van der Waals surface area contributed by atoms with Crippen molar-refractivity contribution in [3.8, 4) is 0 Å². The molecule has 1 aromatic rings. The lowest BCUT2D eigenvalue weighted by Crippen LogP contribution is -2.47. The Morgan fingerprint density at radius 2 is 2.05 bits per heavy atom. The molecule has 0 bridgehead atoms. The topological polar surface area (TPSA) is 67.4 Å². The van der Waals surface area contributed by atoms with Gasteiger partial charge in [0.2, 0.25) is 0 Å². The Hall–Kier alpha value is -2.04. The number of nitrogens with one attached hydrogen (secondary N) is 2. The van der Waals surface area contributed by atoms with Gasteiger partial charge in [0.25, 0.3) is 0 Å². The van der Waals surface area contributed by atoms with Crippen LogP contribution in [-0.2, 0) is 9.53 Å². The van der Waals surface area contributed by atoms with Crippen molar-refractivity contribution in [3.63, 3.8) is 0 Å². The molecule has 0 aliphatic rings. The third-order valence-electron chi connectivity index (χ3n) is 3.23. The fraction of sp³-hybridized carbons (Fsp3) is 0.467. The van der Waals surface area contributed by atoms with E-state index in [-0.39, 0.29) is 5.92 Å². The zero-order chi connectivity index (χ0) is 15.1. The Labute approximate surface area is 119 Å². The summed E-state index contributed by atoms with van der Waals surface area (Å²) >= 11 is 0. The van der Waals surface area contributed by atoms with Gasteiger partial charge in [-0.2, -0.15) is 0 Å². The molecular formula is C15H22N2O3. The van der Waals surface area contributed by atoms with E-state index in [1.54, 1.807) is 6.07 Å². The first-order valence-corrected chi connectivity index (χ1v) is 6.70. The minimum absolute atomic E-state index is 0.00529. The summed E-state index contributed by atoms with van der Waals surface area (Å²) in [6.07, 6.45) is 0.768. The number of urea groups is 1. The van der Waals surface area contributed by atoms with Crippen LogP contribution in [0.4, 0.5) is 10.5 Å². The number of ether oxygens (including phenoxy) is 1. The first-order chi connectivity index (χ1) is 9.47. The van der Waals surface area contributed by atoms with Gasteiger partial charge >= 0.3 is 12.0 Å². The highest BCUT2D eigenvalue weighted by Crippen LogP contribution is 2.11. The monoisotopic (exact) mass is 278 g/mol. The van der Waals surface area contributed by atoms with Gasteiger partial charge in [-0.15, -0.1) is 0 Å². The van der Waals surface area contributed by atoms with Gasteiger partial charge in [0.05, 0.1) is 7.11 Å². The number of methoxy groups -OCH3 is 1. The summed E-state index contributed by atoms with van der Waals surface area (Å²) in [5.74, 6) is -0.426. The van der Waals surface area contributed by atoms with Crippen LogP contribution < -0.4 is 10.6 Å². The van der Waals surface area contributed by atoms with Gasteiger partial charge < -0.3 is 15.4 Å². The number of carbonyl (C=O) groups is 2. The van der Waals surface area contributed by atoms with Crippen LogP contribution in [0.15, 0.2) is 24.3 Å². The molecule has 0 aliphatic carbocycles. The van der Waals surface area contributed by atoms with Gasteiger partial charge in [0, 0.05) is 5.69 Å². The molecule has 1 rings (SSSR count). The molecule has 2 unspecified atom stereocenters. The van der Waals surface area contributed by atoms with Gasteiger partial charge in [-0.05, 0) is 30.5 Å². The number of hydrogen-bond donors (Lipinski definition) is 2. The summed E-state index contributed by atoms with van der Waals surface area (Å²) in [4.78, 5) is 23.6. The number of hydrogen-bond acceptors (Lipinski definition) is 3. The van der Waals surface area contributed by atoms with E-state index in [2.05, 4.69) is 10.6 Å². The second-order valence-corrected chi connectivity index (χ2v) is 4.85. The molecule has 2 N–H and O–H groups in total. The molecule has 110 valence electrons. The second-order valence-electron chi connectivity index (χ2n) is 4.85. The Bertz CT molecular complexity index is 474. The molecule has 2 atom stereocenters. The molecule has 0 fully saturated rings. The smallest absolute Gasteiger partial charge is 0.328 e. The van der Waals surface area contributed by atoms with E-state index in [0.29, 0.717) is 5.69 Å². The highest BCUT2D eigenvalue weighted by atomic mass is 16.5. The minimum Gasteiger partial charge on any atom is -0.467 e. The zero-order valence-corrected chi connectivity index (χ0v) is 12.4. The summed E-state index contributed by atoms with van der Waals surface area (Å²) in [6.45, 7) is 5.80. The van der Waals surface area contributed by atoms with Crippen molar-refractivity contribution in [1.29, 1.82) is 0 Å². The van der Waals surface area contributed by atoms with E-state index in [1.165, 1.54) is 7.11 Å². The lowest BCUT2D eigenvalue weighted by molar-refractivity contribution is -0.144. The van der Waals surface area contributed by atoms with Crippen molar-refractivity contribution < 1.29 is 14.3 Å². The summed E-state index contributed by atoms with van der Waals surface area (Å²) in [6, 6.07) is 6.40. The zero-order valence-electron chi connectivity index (χ0n) is 12.4. The van der Waals surface area contributed by atoms with E-state index in [1.807, 2.05) is 39.0 Å². The van der Waals surface area contributed by atoms with Gasteiger partial charge in [-0.25, -0.2) is 9.59 Å². The van der Waals surface area contributed by atoms with Crippen molar-refractivity contribution >= 4 is 17.7 Å². The Kier molecular flexibility index (Phi) is 6.03. The summed E-state index contributed by atoms with van der Waals surface area (Å²) in [5, 5.41) is 5.38. The summed E-state index contributed by atoms with van der Waals surface area (Å²) in [7, 11) is 1.32. The summed E-state index contributed by atoms with van der Waals surface area (Å²) < 4.78 is 4.72. The Morgan fingerprint density at radius 1 is 1.35 bits per heavy atom. The predicted molar refractivity (Wildman–Crippen MR) is 78.6 cm³/mol. The van der Waals surface area contributed by atoms with E-state index >= 15 is 0 Å². The van der Waals surface area contributed by atoms with Crippen LogP contribution in [0.1, 0.15) is 25.8 Å². The maximum atomic E-state index is 11.9. The molecule has 1 aromatic carbocycles. The maximum absolute atomic E-state index is 11.9. The molecular weight excluding hydrogens is 256 g/mol. The number of rotatable bonds is 5. The fourth-order valence-corrected chi connectivity index (χ4v) is 1.83. The van der Waals surface area contributed by atoms with Crippen LogP contribution in [0.3, 0.4) is 0 Å². The molecule has 0 spiro atoms. The van der Waals surface area contributed by atoms with E-state index in [4.69, 9.17) is 4.74 Å². The molecule has 0 aliphatic heterocycles. The molecule has 2 amide bonds. The fourth-order valence-electron chi connectivity index (χ4n) is 1.83. The van der Waals surface area contributed by atoms with Crippen LogP contribution in [0, 0.1) is 12.8 Å². The second kappa shape index (κ2) is 7.53. The molecule has 20 heavy (non-hydrogen) atoms. The van der Waals surface area contributed by atoms with Crippen LogP contribution in [0.5, 0.6) is 0 Å². The number of amides is 2. The summed E-state index contributed by atoms with van der Waals surface area (Å²) in [5.41, 5.74) is 1.74. The lowest BCUT2D eigenvalue weighted by Gasteiger charge is -2.22. The van der Waals surface area contributed by atoms with Crippen molar-refractivity contribution in [2.24, 2.45) is 5.92 Å². The van der Waals surface area contributed by atoms with E-state index in [9.17, 15) is 9.59 Å². The number of anilines is 1. The normalized spacial score (nSPS) is 13.2. The van der Waals surface area contributed by atoms with E-state index in [0.717, 1.165) is 12.0 Å². The third-order valence-corrected chi connectivity index (χ3v) is 3.23. The van der Waals surface area contributed by atoms with Crippen molar-refractivity contribution in [1.82, 2.24) is 5.32 Å². The SMILES string of the molecule is CCC(C)C(NC(=O)Nc1cccc(C)c1)C(=O)OC. The molecule has 0 saturated heterocycles. The molecule has 0 radical (unpaired) electrons. The highest BCUT2D eigenvalue weighted by molar-refractivity contribution is 5.92. The average molecular weight is 278 g/mol. The lowest BCUT2D eigenvalue weighted by atomic mass is 9.99. The van der Waals surface area contributed by atoms with Crippen LogP contribution in [0.2, 0.25) is 0 Å².